The van der Waals surface area contributed by atoms with Crippen LogP contribution < -0.4 is 10.0 Å². The third kappa shape index (κ3) is 6.64. The summed E-state index contributed by atoms with van der Waals surface area (Å²) in [5, 5.41) is 3.86. The third-order valence-electron chi connectivity index (χ3n) is 4.25. The van der Waals surface area contributed by atoms with Crippen LogP contribution in [-0.4, -0.2) is 26.6 Å². The summed E-state index contributed by atoms with van der Waals surface area (Å²) in [6.07, 6.45) is 0. The molecule has 3 aromatic carbocycles. The number of carbonyl (C=O) groups excluding carboxylic acids is 1. The number of carbonyl (C=O) groups is 1. The Hall–Kier alpha value is -2.19. The lowest BCUT2D eigenvalue weighted by atomic mass is 10.2. The quantitative estimate of drug-likeness (QED) is 0.387. The average Bonchev–Trinajstić information content (AvgIpc) is 2.76. The van der Waals surface area contributed by atoms with Crippen molar-refractivity contribution in [1.29, 1.82) is 0 Å². The second-order valence-electron chi connectivity index (χ2n) is 6.52. The van der Waals surface area contributed by atoms with E-state index < -0.39 is 10.0 Å². The number of rotatable bonds is 9. The van der Waals surface area contributed by atoms with E-state index >= 15 is 0 Å². The number of hydrogen-bond acceptors (Lipinski definition) is 4. The van der Waals surface area contributed by atoms with Gasteiger partial charge < -0.3 is 5.32 Å². The van der Waals surface area contributed by atoms with Crippen LogP contribution in [0.5, 0.6) is 0 Å². The van der Waals surface area contributed by atoms with E-state index in [1.165, 1.54) is 12.1 Å². The van der Waals surface area contributed by atoms with Crippen LogP contribution in [-0.2, 0) is 15.8 Å². The predicted octanol–water partition coefficient (Wildman–Crippen LogP) is 5.46. The monoisotopic (exact) mass is 494 g/mol. The molecule has 0 fully saturated rings. The molecule has 3 rings (SSSR count). The van der Waals surface area contributed by atoms with Crippen LogP contribution in [0.4, 0.5) is 5.69 Å². The molecule has 3 aromatic rings. The van der Waals surface area contributed by atoms with Crippen molar-refractivity contribution >= 4 is 56.6 Å². The molecular weight excluding hydrogens is 475 g/mol. The minimum atomic E-state index is -3.79. The Morgan fingerprint density at radius 3 is 2.35 bits per heavy atom. The summed E-state index contributed by atoms with van der Waals surface area (Å²) in [7, 11) is -3.79. The summed E-state index contributed by atoms with van der Waals surface area (Å²) in [4.78, 5) is 12.7. The van der Waals surface area contributed by atoms with E-state index in [1.54, 1.807) is 60.3 Å². The number of halogens is 2. The summed E-state index contributed by atoms with van der Waals surface area (Å²) >= 11 is 13.6. The van der Waals surface area contributed by atoms with E-state index in [2.05, 4.69) is 10.0 Å². The molecule has 0 aliphatic rings. The van der Waals surface area contributed by atoms with Gasteiger partial charge in [-0.15, -0.1) is 0 Å². The van der Waals surface area contributed by atoms with Crippen LogP contribution in [0.2, 0.25) is 10.0 Å². The lowest BCUT2D eigenvalue weighted by Crippen LogP contribution is -2.27. The maximum absolute atomic E-state index is 12.6. The highest BCUT2D eigenvalue weighted by molar-refractivity contribution is 7.98. The van der Waals surface area contributed by atoms with Crippen molar-refractivity contribution in [2.75, 3.05) is 17.0 Å². The van der Waals surface area contributed by atoms with Crippen molar-refractivity contribution in [2.45, 2.75) is 10.6 Å². The van der Waals surface area contributed by atoms with Gasteiger partial charge >= 0.3 is 0 Å². The molecule has 31 heavy (non-hydrogen) atoms. The molecule has 162 valence electrons. The molecule has 0 saturated heterocycles. The van der Waals surface area contributed by atoms with Crippen LogP contribution in [0.15, 0.2) is 77.7 Å². The third-order valence-corrected chi connectivity index (χ3v) is 7.40. The van der Waals surface area contributed by atoms with Gasteiger partial charge in [-0.25, -0.2) is 8.42 Å². The summed E-state index contributed by atoms with van der Waals surface area (Å²) in [5.41, 5.74) is 1.54. The number of amides is 1. The largest absolute Gasteiger partial charge is 0.351 e. The second kappa shape index (κ2) is 10.9. The smallest absolute Gasteiger partial charge is 0.261 e. The minimum absolute atomic E-state index is 0.129. The Morgan fingerprint density at radius 1 is 0.903 bits per heavy atom. The van der Waals surface area contributed by atoms with E-state index in [1.807, 2.05) is 12.1 Å². The molecule has 0 heterocycles. The summed E-state index contributed by atoms with van der Waals surface area (Å²) in [6.45, 7) is 0.435. The maximum atomic E-state index is 12.6. The number of thioether (sulfide) groups is 1. The van der Waals surface area contributed by atoms with E-state index in [0.29, 0.717) is 22.3 Å². The van der Waals surface area contributed by atoms with Crippen molar-refractivity contribution in [2.24, 2.45) is 0 Å². The highest BCUT2D eigenvalue weighted by atomic mass is 35.5. The first-order valence-corrected chi connectivity index (χ1v) is 12.7. The van der Waals surface area contributed by atoms with Crippen molar-refractivity contribution in [1.82, 2.24) is 5.32 Å². The molecular formula is C22H20Cl2N2O3S2. The van der Waals surface area contributed by atoms with Gasteiger partial charge in [-0.3, -0.25) is 9.52 Å². The molecule has 9 heteroatoms. The van der Waals surface area contributed by atoms with Crippen LogP contribution in [0.1, 0.15) is 15.9 Å². The van der Waals surface area contributed by atoms with Gasteiger partial charge in [-0.1, -0.05) is 59.6 Å². The van der Waals surface area contributed by atoms with Crippen molar-refractivity contribution in [3.63, 3.8) is 0 Å². The Morgan fingerprint density at radius 2 is 1.61 bits per heavy atom. The molecule has 1 amide bonds. The molecule has 2 N–H and O–H groups in total. The summed E-state index contributed by atoms with van der Waals surface area (Å²) < 4.78 is 27.7. The molecule has 0 bridgehead atoms. The Balaban J connectivity index is 1.55. The standard InChI is InChI=1S/C22H20Cl2N2O3S2/c23-19-11-10-16(14-20(19)24)15-30-13-12-25-22(27)18-8-4-5-9-21(18)26-31(28,29)17-6-2-1-3-7-17/h1-11,14,26H,12-13,15H2,(H,25,27). The van der Waals surface area contributed by atoms with Gasteiger partial charge in [0.2, 0.25) is 0 Å². The van der Waals surface area contributed by atoms with Gasteiger partial charge in [-0.2, -0.15) is 11.8 Å². The molecule has 0 radical (unpaired) electrons. The lowest BCUT2D eigenvalue weighted by molar-refractivity contribution is 0.0957. The van der Waals surface area contributed by atoms with E-state index in [9.17, 15) is 13.2 Å². The molecule has 0 unspecified atom stereocenters. The first-order chi connectivity index (χ1) is 14.9. The Bertz CT molecular complexity index is 1160. The topological polar surface area (TPSA) is 75.3 Å². The van der Waals surface area contributed by atoms with E-state index in [4.69, 9.17) is 23.2 Å². The fourth-order valence-corrected chi connectivity index (χ4v) is 4.95. The van der Waals surface area contributed by atoms with E-state index in [-0.39, 0.29) is 22.1 Å². The van der Waals surface area contributed by atoms with E-state index in [0.717, 1.165) is 11.3 Å². The molecule has 0 spiro atoms. The molecule has 0 saturated carbocycles. The van der Waals surface area contributed by atoms with Crippen molar-refractivity contribution in [3.8, 4) is 0 Å². The fraction of sp³-hybridized carbons (Fsp3) is 0.136. The first kappa shape index (κ1) is 23.5. The highest BCUT2D eigenvalue weighted by Crippen LogP contribution is 2.24. The van der Waals surface area contributed by atoms with Crippen molar-refractivity contribution in [3.05, 3.63) is 94.0 Å². The highest BCUT2D eigenvalue weighted by Gasteiger charge is 2.18. The SMILES string of the molecule is O=C(NCCSCc1ccc(Cl)c(Cl)c1)c1ccccc1NS(=O)(=O)c1ccccc1. The van der Waals surface area contributed by atoms with Crippen molar-refractivity contribution < 1.29 is 13.2 Å². The zero-order valence-corrected chi connectivity index (χ0v) is 19.5. The summed E-state index contributed by atoms with van der Waals surface area (Å²) in [6, 6.07) is 20.0. The predicted molar refractivity (Wildman–Crippen MR) is 129 cm³/mol. The maximum Gasteiger partial charge on any atom is 0.261 e. The van der Waals surface area contributed by atoms with Crippen LogP contribution >= 0.6 is 35.0 Å². The molecule has 0 atom stereocenters. The average molecular weight is 495 g/mol. The minimum Gasteiger partial charge on any atom is -0.351 e. The first-order valence-electron chi connectivity index (χ1n) is 9.33. The molecule has 0 aliphatic heterocycles. The summed E-state index contributed by atoms with van der Waals surface area (Å²) in [5.74, 6) is 1.07. The van der Waals surface area contributed by atoms with Gasteiger partial charge in [0, 0.05) is 18.1 Å². The van der Waals surface area contributed by atoms with Gasteiger partial charge in [0.15, 0.2) is 0 Å². The number of para-hydroxylation sites is 1. The van der Waals surface area contributed by atoms with Gasteiger partial charge in [0.1, 0.15) is 0 Å². The number of sulfonamides is 1. The number of anilines is 1. The Kier molecular flexibility index (Phi) is 8.26. The zero-order chi connectivity index (χ0) is 22.3. The molecule has 0 aromatic heterocycles. The number of benzene rings is 3. The van der Waals surface area contributed by atoms with Crippen LogP contribution in [0, 0.1) is 0 Å². The van der Waals surface area contributed by atoms with Gasteiger partial charge in [0.05, 0.1) is 26.2 Å². The van der Waals surface area contributed by atoms with Crippen LogP contribution in [0.3, 0.4) is 0 Å². The number of hydrogen-bond donors (Lipinski definition) is 2. The second-order valence-corrected chi connectivity index (χ2v) is 10.1. The lowest BCUT2D eigenvalue weighted by Gasteiger charge is -2.13. The van der Waals surface area contributed by atoms with Gasteiger partial charge in [0.25, 0.3) is 15.9 Å². The normalized spacial score (nSPS) is 11.2. The van der Waals surface area contributed by atoms with Crippen LogP contribution in [0.25, 0.3) is 0 Å². The molecule has 5 nitrogen and oxygen atoms in total. The number of nitrogens with one attached hydrogen (secondary N) is 2. The molecule has 0 aliphatic carbocycles. The fourth-order valence-electron chi connectivity index (χ4n) is 2.72. The Labute approximate surface area is 196 Å². The zero-order valence-electron chi connectivity index (χ0n) is 16.3. The van der Waals surface area contributed by atoms with Gasteiger partial charge in [-0.05, 0) is 42.0 Å².